The Bertz CT molecular complexity index is 1770. The number of nitrogens with one attached hydrogen (secondary N) is 2. The number of hydrogen-bond donors (Lipinski definition) is 2. The first-order valence-electron chi connectivity index (χ1n) is 19.9. The molecule has 7 rings (SSSR count). The van der Waals surface area contributed by atoms with Crippen molar-refractivity contribution in [2.24, 2.45) is 5.41 Å². The number of pyridine rings is 1. The van der Waals surface area contributed by atoms with E-state index in [0.717, 1.165) is 97.2 Å². The molecule has 1 aliphatic carbocycles. The van der Waals surface area contributed by atoms with E-state index in [9.17, 15) is 4.79 Å². The van der Waals surface area contributed by atoms with Crippen LogP contribution in [-0.2, 0) is 36.5 Å². The minimum absolute atomic E-state index is 0.209. The van der Waals surface area contributed by atoms with Crippen LogP contribution in [0.2, 0.25) is 0 Å². The lowest BCUT2D eigenvalue weighted by Gasteiger charge is -2.36. The molecule has 3 aromatic rings. The Hall–Kier alpha value is -3.00. The first kappa shape index (κ1) is 38.3. The molecule has 12 heteroatoms. The average molecular weight is 729 g/mol. The number of esters is 1. The van der Waals surface area contributed by atoms with Crippen molar-refractivity contribution in [3.8, 4) is 11.3 Å². The van der Waals surface area contributed by atoms with Gasteiger partial charge in [-0.25, -0.2) is 5.43 Å². The zero-order valence-corrected chi connectivity index (χ0v) is 33.5. The number of hydrogen-bond acceptors (Lipinski definition) is 10. The van der Waals surface area contributed by atoms with Gasteiger partial charge in [0.15, 0.2) is 0 Å². The summed E-state index contributed by atoms with van der Waals surface area (Å²) in [7, 11) is 1.27. The summed E-state index contributed by atoms with van der Waals surface area (Å²) < 4.78 is 27.5. The number of anilines is 1. The summed E-state index contributed by atoms with van der Waals surface area (Å²) in [5, 5.41) is 1.14. The first-order valence-corrected chi connectivity index (χ1v) is 19.9. The molecular formula is C41H61BN6O5. The number of ether oxygens (including phenoxy) is 2. The number of benzene rings is 1. The summed E-state index contributed by atoms with van der Waals surface area (Å²) in [6.45, 7) is 23.1. The lowest BCUT2D eigenvalue weighted by atomic mass is 9.77. The first-order chi connectivity index (χ1) is 25.2. The standard InChI is InChI=1S/C41H61BN6O5/c1-10-48-35-16-13-28(42-52-40(5,6)41(7,8)53-42)22-31(35)33(24-39(3,4)26-51-38(49)34-12-11-17-44-45-34)37(48)32-23-30(25-43-36(32)27(2)50-9)47-20-18-46(19-21-47)29-14-15-29/h13,16,22-23,25,27,29,34,44-45H,10-12,14-15,17-21,24,26H2,1-9H3/t27-,34-/m0/s1. The molecule has 0 spiro atoms. The lowest BCUT2D eigenvalue weighted by molar-refractivity contribution is -0.150. The molecule has 4 fully saturated rings. The van der Waals surface area contributed by atoms with E-state index in [0.29, 0.717) is 13.0 Å². The molecular weight excluding hydrogens is 667 g/mol. The molecule has 3 saturated heterocycles. The molecule has 2 N–H and O–H groups in total. The zero-order chi connectivity index (χ0) is 37.7. The van der Waals surface area contributed by atoms with E-state index in [-0.39, 0.29) is 23.5 Å². The van der Waals surface area contributed by atoms with Gasteiger partial charge in [0.25, 0.3) is 0 Å². The predicted molar refractivity (Wildman–Crippen MR) is 211 cm³/mol. The molecule has 5 heterocycles. The molecule has 53 heavy (non-hydrogen) atoms. The number of fused-ring (bicyclic) bond motifs is 1. The Morgan fingerprint density at radius 1 is 1.08 bits per heavy atom. The highest BCUT2D eigenvalue weighted by atomic mass is 16.7. The van der Waals surface area contributed by atoms with Crippen molar-refractivity contribution in [3.63, 3.8) is 0 Å². The summed E-state index contributed by atoms with van der Waals surface area (Å²) in [6, 6.07) is 9.41. The van der Waals surface area contributed by atoms with Crippen LogP contribution in [0.5, 0.6) is 0 Å². The number of aromatic nitrogens is 2. The summed E-state index contributed by atoms with van der Waals surface area (Å²) in [5.74, 6) is -0.209. The van der Waals surface area contributed by atoms with Gasteiger partial charge in [-0.3, -0.25) is 20.1 Å². The van der Waals surface area contributed by atoms with Crippen molar-refractivity contribution in [3.05, 3.63) is 41.7 Å². The molecule has 0 bridgehead atoms. The third-order valence-corrected chi connectivity index (χ3v) is 12.3. The van der Waals surface area contributed by atoms with Crippen LogP contribution in [0.3, 0.4) is 0 Å². The highest BCUT2D eigenvalue weighted by Crippen LogP contribution is 2.43. The SMILES string of the molecule is CCn1c(-c2cc(N3CCN(C4CC4)CC3)cnc2[C@H](C)OC)c(CC(C)(C)COC(=O)[C@@H]2CCCNN2)c2cc(B3OC(C)(C)C(C)(C)O3)ccc21. The minimum Gasteiger partial charge on any atom is -0.464 e. The van der Waals surface area contributed by atoms with E-state index >= 15 is 0 Å². The number of nitrogens with zero attached hydrogens (tertiary/aromatic N) is 4. The van der Waals surface area contributed by atoms with E-state index in [4.69, 9.17) is 23.8 Å². The smallest absolute Gasteiger partial charge is 0.464 e. The molecule has 0 unspecified atom stereocenters. The Kier molecular flexibility index (Phi) is 10.8. The second-order valence-corrected chi connectivity index (χ2v) is 17.4. The fourth-order valence-electron chi connectivity index (χ4n) is 8.17. The summed E-state index contributed by atoms with van der Waals surface area (Å²) in [4.78, 5) is 23.5. The Balaban J connectivity index is 1.32. The van der Waals surface area contributed by atoms with Gasteiger partial charge in [0.2, 0.25) is 0 Å². The van der Waals surface area contributed by atoms with Crippen molar-refractivity contribution >= 4 is 35.1 Å². The van der Waals surface area contributed by atoms with Gasteiger partial charge in [0, 0.05) is 74.3 Å². The van der Waals surface area contributed by atoms with Gasteiger partial charge in [-0.15, -0.1) is 0 Å². The monoisotopic (exact) mass is 728 g/mol. The number of carbonyl (C=O) groups excluding carboxylic acids is 1. The van der Waals surface area contributed by atoms with Crippen LogP contribution in [0.1, 0.15) is 98.4 Å². The van der Waals surface area contributed by atoms with Crippen LogP contribution in [0.4, 0.5) is 5.69 Å². The van der Waals surface area contributed by atoms with Crippen molar-refractivity contribution in [2.45, 2.75) is 123 Å². The van der Waals surface area contributed by atoms with E-state index in [1.165, 1.54) is 18.4 Å². The Morgan fingerprint density at radius 3 is 2.42 bits per heavy atom. The van der Waals surface area contributed by atoms with E-state index in [1.54, 1.807) is 7.11 Å². The lowest BCUT2D eigenvalue weighted by Crippen LogP contribution is -2.50. The van der Waals surface area contributed by atoms with E-state index < -0.39 is 18.3 Å². The molecule has 0 amide bonds. The van der Waals surface area contributed by atoms with Crippen molar-refractivity contribution in [1.82, 2.24) is 25.3 Å². The molecule has 1 saturated carbocycles. The normalized spacial score (nSPS) is 22.8. The van der Waals surface area contributed by atoms with E-state index in [2.05, 4.69) is 105 Å². The van der Waals surface area contributed by atoms with Crippen molar-refractivity contribution < 1.29 is 23.6 Å². The third-order valence-electron chi connectivity index (χ3n) is 12.3. The summed E-state index contributed by atoms with van der Waals surface area (Å²) >= 11 is 0. The fraction of sp³-hybridized carbons (Fsp3) is 0.659. The van der Waals surface area contributed by atoms with Crippen LogP contribution < -0.4 is 21.2 Å². The molecule has 2 atom stereocenters. The van der Waals surface area contributed by atoms with Gasteiger partial charge in [-0.1, -0.05) is 26.0 Å². The van der Waals surface area contributed by atoms with Crippen LogP contribution >= 0.6 is 0 Å². The molecule has 288 valence electrons. The van der Waals surface area contributed by atoms with Crippen molar-refractivity contribution in [2.75, 3.05) is 51.3 Å². The van der Waals surface area contributed by atoms with Gasteiger partial charge < -0.3 is 28.2 Å². The quantitative estimate of drug-likeness (QED) is 0.187. The van der Waals surface area contributed by atoms with Crippen molar-refractivity contribution in [1.29, 1.82) is 0 Å². The predicted octanol–water partition coefficient (Wildman–Crippen LogP) is 5.38. The van der Waals surface area contributed by atoms with Crippen LogP contribution in [0.25, 0.3) is 22.2 Å². The van der Waals surface area contributed by atoms with Gasteiger partial charge >= 0.3 is 13.1 Å². The van der Waals surface area contributed by atoms with Crippen LogP contribution in [0.15, 0.2) is 30.5 Å². The van der Waals surface area contributed by atoms with Crippen LogP contribution in [0, 0.1) is 5.41 Å². The Labute approximate surface area is 316 Å². The topological polar surface area (TPSA) is 102 Å². The largest absolute Gasteiger partial charge is 0.494 e. The molecule has 11 nitrogen and oxygen atoms in total. The molecule has 3 aliphatic heterocycles. The van der Waals surface area contributed by atoms with Gasteiger partial charge in [0.05, 0.1) is 47.2 Å². The highest BCUT2D eigenvalue weighted by molar-refractivity contribution is 6.62. The molecule has 0 radical (unpaired) electrons. The zero-order valence-electron chi connectivity index (χ0n) is 33.5. The number of hydrazine groups is 1. The second-order valence-electron chi connectivity index (χ2n) is 17.4. The molecule has 2 aromatic heterocycles. The van der Waals surface area contributed by atoms with Gasteiger partial charge in [-0.05, 0) is 96.8 Å². The number of rotatable bonds is 12. The third kappa shape index (κ3) is 7.78. The van der Waals surface area contributed by atoms with Crippen LogP contribution in [-0.4, -0.2) is 97.3 Å². The highest BCUT2D eigenvalue weighted by Gasteiger charge is 2.52. The maximum atomic E-state index is 13.2. The van der Waals surface area contributed by atoms with Gasteiger partial charge in [0.1, 0.15) is 6.04 Å². The number of carbonyl (C=O) groups is 1. The summed E-state index contributed by atoms with van der Waals surface area (Å²) in [5.41, 5.74) is 12.5. The maximum absolute atomic E-state index is 13.2. The second kappa shape index (κ2) is 14.9. The number of piperazine rings is 1. The maximum Gasteiger partial charge on any atom is 0.494 e. The van der Waals surface area contributed by atoms with E-state index in [1.807, 2.05) is 6.20 Å². The minimum atomic E-state index is -0.486. The summed E-state index contributed by atoms with van der Waals surface area (Å²) in [6.07, 6.45) is 6.86. The molecule has 1 aromatic carbocycles. The van der Waals surface area contributed by atoms with Gasteiger partial charge in [-0.2, -0.15) is 0 Å². The Morgan fingerprint density at radius 2 is 1.79 bits per heavy atom. The fourth-order valence-corrected chi connectivity index (χ4v) is 8.17. The number of aryl methyl sites for hydroxylation is 1. The molecule has 4 aliphatic rings. The average Bonchev–Trinajstić information content (AvgIpc) is 3.92. The number of methoxy groups -OCH3 is 1.